The number of fused-ring (bicyclic) bond motifs is 5. The lowest BCUT2D eigenvalue weighted by molar-refractivity contribution is -0.140. The summed E-state index contributed by atoms with van der Waals surface area (Å²) in [6, 6.07) is 0. The lowest BCUT2D eigenvalue weighted by Gasteiger charge is -2.17. The first-order valence-corrected chi connectivity index (χ1v) is 15.8. The monoisotopic (exact) mass is 608 g/mol. The van der Waals surface area contributed by atoms with E-state index in [2.05, 4.69) is 19.2 Å². The molecule has 9 heteroatoms. The second kappa shape index (κ2) is 11.9. The number of nitrogens with one attached hydrogen (secondary N) is 1. The Bertz CT molecular complexity index is 1770. The molecule has 0 aromatic carbocycles. The summed E-state index contributed by atoms with van der Waals surface area (Å²) < 4.78 is 4.97. The van der Waals surface area contributed by atoms with E-state index in [0.717, 1.165) is 46.4 Å². The van der Waals surface area contributed by atoms with Crippen LogP contribution < -0.4 is 5.32 Å². The summed E-state index contributed by atoms with van der Waals surface area (Å²) in [5, 5.41) is 24.9. The van der Waals surface area contributed by atoms with E-state index >= 15 is 0 Å². The fraction of sp³-hybridized carbons (Fsp3) is 0.417. The van der Waals surface area contributed by atoms with Gasteiger partial charge in [-0.3, -0.25) is 9.59 Å². The van der Waals surface area contributed by atoms with Crippen LogP contribution in [0.1, 0.15) is 73.1 Å². The highest BCUT2D eigenvalue weighted by Crippen LogP contribution is 2.46. The third-order valence-electron chi connectivity index (χ3n) is 9.63. The smallest absolute Gasteiger partial charge is 0.305 e. The van der Waals surface area contributed by atoms with Crippen LogP contribution in [0.25, 0.3) is 0 Å². The van der Waals surface area contributed by atoms with Crippen molar-refractivity contribution in [3.63, 3.8) is 0 Å². The average Bonchev–Trinajstić information content (AvgIpc) is 3.77. The molecule has 6 aliphatic rings. The Morgan fingerprint density at radius 1 is 1.13 bits per heavy atom. The van der Waals surface area contributed by atoms with Crippen molar-refractivity contribution in [2.24, 2.45) is 26.8 Å². The van der Waals surface area contributed by atoms with Gasteiger partial charge in [0.2, 0.25) is 0 Å². The predicted molar refractivity (Wildman–Crippen MR) is 175 cm³/mol. The number of aliphatic hydroxyl groups excluding tert-OH is 2. The zero-order chi connectivity index (χ0) is 32.2. The van der Waals surface area contributed by atoms with Gasteiger partial charge in [-0.05, 0) is 68.1 Å². The number of esters is 1. The Morgan fingerprint density at radius 3 is 2.58 bits per heavy atom. The van der Waals surface area contributed by atoms with Crippen LogP contribution in [0.3, 0.4) is 0 Å². The van der Waals surface area contributed by atoms with Crippen LogP contribution in [-0.2, 0) is 14.3 Å². The van der Waals surface area contributed by atoms with Crippen molar-refractivity contribution < 1.29 is 24.5 Å². The summed E-state index contributed by atoms with van der Waals surface area (Å²) in [6.45, 7) is 9.89. The quantitative estimate of drug-likeness (QED) is 0.242. The Balaban J connectivity index is 1.63. The van der Waals surface area contributed by atoms with Gasteiger partial charge in [-0.25, -0.2) is 15.0 Å². The van der Waals surface area contributed by atoms with Gasteiger partial charge in [0.1, 0.15) is 0 Å². The second-order valence-corrected chi connectivity index (χ2v) is 12.3. The van der Waals surface area contributed by atoms with Crippen LogP contribution in [0.15, 0.2) is 107 Å². The maximum absolute atomic E-state index is 13.6. The minimum atomic E-state index is -0.781. The molecule has 0 amide bonds. The molecule has 1 saturated heterocycles. The molecule has 0 aromatic heterocycles. The van der Waals surface area contributed by atoms with Gasteiger partial charge in [0.05, 0.1) is 53.7 Å². The van der Waals surface area contributed by atoms with Gasteiger partial charge in [0, 0.05) is 58.4 Å². The number of carbonyl (C=O) groups excluding carboxylic acids is 2. The molecule has 1 unspecified atom stereocenters. The number of hydrogen-bond acceptors (Lipinski definition) is 9. The number of aliphatic imine (C=N–C) groups is 3. The van der Waals surface area contributed by atoms with E-state index in [9.17, 15) is 19.8 Å². The molecule has 45 heavy (non-hydrogen) atoms. The minimum Gasteiger partial charge on any atom is -0.515 e. The first-order chi connectivity index (χ1) is 21.6. The summed E-state index contributed by atoms with van der Waals surface area (Å²) in [6.07, 6.45) is 9.28. The molecule has 0 spiro atoms. The Morgan fingerprint density at radius 2 is 1.91 bits per heavy atom. The van der Waals surface area contributed by atoms with E-state index in [1.54, 1.807) is 6.92 Å². The molecule has 6 rings (SSSR count). The highest BCUT2D eigenvalue weighted by Gasteiger charge is 2.43. The van der Waals surface area contributed by atoms with Crippen molar-refractivity contribution in [1.29, 1.82) is 0 Å². The number of carbonyl (C=O) groups is 2. The molecule has 0 aromatic rings. The molecular formula is C36H40N4O5. The summed E-state index contributed by atoms with van der Waals surface area (Å²) in [5.74, 6) is -0.313. The van der Waals surface area contributed by atoms with Gasteiger partial charge >= 0.3 is 5.97 Å². The normalized spacial score (nSPS) is 25.5. The first kappa shape index (κ1) is 30.6. The van der Waals surface area contributed by atoms with Crippen LogP contribution >= 0.6 is 0 Å². The zero-order valence-electron chi connectivity index (χ0n) is 26.7. The maximum Gasteiger partial charge on any atom is 0.305 e. The van der Waals surface area contributed by atoms with E-state index < -0.39 is 6.10 Å². The molecule has 234 valence electrons. The van der Waals surface area contributed by atoms with Crippen LogP contribution in [0.2, 0.25) is 0 Å². The minimum absolute atomic E-state index is 0.0109. The summed E-state index contributed by atoms with van der Waals surface area (Å²) in [4.78, 5) is 40.9. The average molecular weight is 609 g/mol. The first-order valence-electron chi connectivity index (χ1n) is 15.8. The SMILES string of the molecule is CCCC1=C2C=C3N=C4C(=C5NC(=CC6=NC(=CC(=N2)/C1=C/O)C(C(C)O)=C6C)[C@@H](C)[C@@H]5CCC(=O)OC)CC(=O)C4=C3CC. The number of allylic oxidation sites excluding steroid dienone is 11. The van der Waals surface area contributed by atoms with Crippen molar-refractivity contribution in [3.8, 4) is 0 Å². The predicted octanol–water partition coefficient (Wildman–Crippen LogP) is 5.95. The Hall–Kier alpha value is -4.37. The molecule has 2 fully saturated rings. The third kappa shape index (κ3) is 5.03. The van der Waals surface area contributed by atoms with E-state index in [0.29, 0.717) is 70.2 Å². The van der Waals surface area contributed by atoms with Crippen molar-refractivity contribution in [3.05, 3.63) is 92.0 Å². The van der Waals surface area contributed by atoms with Gasteiger partial charge in [0.15, 0.2) is 5.78 Å². The molecular weight excluding hydrogens is 568 g/mol. The number of Topliss-reactive ketones (excluding diaryl/α,β-unsaturated/α-hetero) is 1. The Kier molecular flexibility index (Phi) is 8.07. The highest BCUT2D eigenvalue weighted by atomic mass is 16.5. The van der Waals surface area contributed by atoms with E-state index in [4.69, 9.17) is 19.7 Å². The number of ether oxygens (including phenoxy) is 1. The molecule has 3 N–H and O–H groups in total. The molecule has 3 atom stereocenters. The van der Waals surface area contributed by atoms with Gasteiger partial charge in [-0.15, -0.1) is 0 Å². The van der Waals surface area contributed by atoms with Crippen LogP contribution in [0.5, 0.6) is 0 Å². The summed E-state index contributed by atoms with van der Waals surface area (Å²) >= 11 is 0. The van der Waals surface area contributed by atoms with E-state index in [-0.39, 0.29) is 36.4 Å². The molecule has 0 radical (unpaired) electrons. The topological polar surface area (TPSA) is 133 Å². The van der Waals surface area contributed by atoms with Crippen molar-refractivity contribution in [1.82, 2.24) is 5.32 Å². The van der Waals surface area contributed by atoms with Crippen LogP contribution in [0, 0.1) is 11.8 Å². The third-order valence-corrected chi connectivity index (χ3v) is 9.63. The molecule has 1 saturated carbocycles. The van der Waals surface area contributed by atoms with Crippen molar-refractivity contribution in [2.45, 2.75) is 79.2 Å². The molecule has 5 aliphatic heterocycles. The van der Waals surface area contributed by atoms with Gasteiger partial charge in [-0.1, -0.05) is 27.2 Å². The maximum atomic E-state index is 13.6. The fourth-order valence-corrected chi connectivity index (χ4v) is 7.36. The number of aliphatic hydroxyl groups is 2. The van der Waals surface area contributed by atoms with Crippen LogP contribution in [0.4, 0.5) is 0 Å². The number of hydrogen-bond donors (Lipinski definition) is 3. The number of ketones is 1. The standard InChI is InChI=1S/C36H40N4O5/c1-7-9-22-24(16-41)29-15-30-33(19(5)42)18(4)26(37-30)13-25-17(3)21(10-11-32(44)45-6)35(39-25)23-12-31(43)34-20(8-2)27(40-36(23)34)14-28(22)38-29/h13-17,19,21,39,41-42H,7-12H2,1-6H3/b24-16+,25-13?,27-14?,30-15?,35-23?/t17-,19?,21-/m0/s1. The number of rotatable bonds is 7. The fourth-order valence-electron chi connectivity index (χ4n) is 7.36. The second-order valence-electron chi connectivity index (χ2n) is 12.3. The molecule has 1 aliphatic carbocycles. The largest absolute Gasteiger partial charge is 0.515 e. The number of methoxy groups -OCH3 is 1. The van der Waals surface area contributed by atoms with Crippen LogP contribution in [-0.4, -0.2) is 52.3 Å². The number of nitrogens with zero attached hydrogens (tertiary/aromatic N) is 3. The summed E-state index contributed by atoms with van der Waals surface area (Å²) in [7, 11) is 1.40. The van der Waals surface area contributed by atoms with E-state index in [1.165, 1.54) is 7.11 Å². The molecule has 8 bridgehead atoms. The van der Waals surface area contributed by atoms with Gasteiger partial charge < -0.3 is 20.3 Å². The summed E-state index contributed by atoms with van der Waals surface area (Å²) in [5.41, 5.74) is 11.3. The van der Waals surface area contributed by atoms with Gasteiger partial charge in [0.25, 0.3) is 0 Å². The van der Waals surface area contributed by atoms with E-state index in [1.807, 2.05) is 32.1 Å². The van der Waals surface area contributed by atoms with Gasteiger partial charge in [-0.2, -0.15) is 0 Å². The van der Waals surface area contributed by atoms with Crippen molar-refractivity contribution in [2.75, 3.05) is 7.11 Å². The zero-order valence-corrected chi connectivity index (χ0v) is 26.7. The molecule has 9 nitrogen and oxygen atoms in total. The lowest BCUT2D eigenvalue weighted by Crippen LogP contribution is -2.15. The van der Waals surface area contributed by atoms with Crippen molar-refractivity contribution >= 4 is 28.9 Å². The highest BCUT2D eigenvalue weighted by molar-refractivity contribution is 6.38. The Labute approximate surface area is 263 Å². The molecule has 5 heterocycles. The lowest BCUT2D eigenvalue weighted by atomic mass is 9.86.